The molecule has 0 unspecified atom stereocenters. The standard InChI is InChI=1S/C16H28N6O/c1-3-7-20-8-10-21(11-9-20)15(4-2)16-17-18-19-22(16)13-14-6-5-12-23-14/h3,14-15H,1,4-13H2,2H3/p+2/t14-,15+/m0/s1. The number of rotatable bonds is 7. The highest BCUT2D eigenvalue weighted by molar-refractivity contribution is 4.88. The summed E-state index contributed by atoms with van der Waals surface area (Å²) in [5, 5.41) is 12.5. The lowest BCUT2D eigenvalue weighted by Gasteiger charge is -2.33. The number of ether oxygens (including phenoxy) is 1. The van der Waals surface area contributed by atoms with Gasteiger partial charge >= 0.3 is 0 Å². The Kier molecular flexibility index (Phi) is 5.75. The quantitative estimate of drug-likeness (QED) is 0.586. The molecule has 3 rings (SSSR count). The molecule has 128 valence electrons. The van der Waals surface area contributed by atoms with Crippen molar-refractivity contribution in [3.63, 3.8) is 0 Å². The average molecular weight is 322 g/mol. The lowest BCUT2D eigenvalue weighted by Crippen LogP contribution is -3.28. The van der Waals surface area contributed by atoms with Crippen LogP contribution in [-0.2, 0) is 11.3 Å². The van der Waals surface area contributed by atoms with Gasteiger partial charge in [-0.1, -0.05) is 13.5 Å². The molecule has 0 radical (unpaired) electrons. The predicted octanol–water partition coefficient (Wildman–Crippen LogP) is -1.73. The van der Waals surface area contributed by atoms with E-state index in [2.05, 4.69) is 29.0 Å². The Balaban J connectivity index is 1.64. The zero-order valence-electron chi connectivity index (χ0n) is 14.2. The van der Waals surface area contributed by atoms with Gasteiger partial charge in [0.05, 0.1) is 19.2 Å². The number of aromatic nitrogens is 4. The summed E-state index contributed by atoms with van der Waals surface area (Å²) in [6.07, 6.45) is 5.64. The molecule has 1 aromatic rings. The van der Waals surface area contributed by atoms with Crippen molar-refractivity contribution in [1.82, 2.24) is 20.2 Å². The van der Waals surface area contributed by atoms with Crippen LogP contribution in [-0.4, -0.2) is 65.6 Å². The third kappa shape index (κ3) is 3.97. The molecule has 0 aromatic carbocycles. The first kappa shape index (κ1) is 16.5. The van der Waals surface area contributed by atoms with E-state index >= 15 is 0 Å². The molecule has 0 amide bonds. The van der Waals surface area contributed by atoms with Crippen molar-refractivity contribution in [2.24, 2.45) is 0 Å². The van der Waals surface area contributed by atoms with Crippen LogP contribution in [0.3, 0.4) is 0 Å². The maximum atomic E-state index is 5.75. The largest absolute Gasteiger partial charge is 0.376 e. The van der Waals surface area contributed by atoms with Crippen molar-refractivity contribution in [3.8, 4) is 0 Å². The van der Waals surface area contributed by atoms with Gasteiger partial charge in [0.2, 0.25) is 5.82 Å². The molecule has 2 aliphatic heterocycles. The molecular weight excluding hydrogens is 292 g/mol. The van der Waals surface area contributed by atoms with E-state index in [0.29, 0.717) is 6.04 Å². The Labute approximate surface area is 138 Å². The van der Waals surface area contributed by atoms with Crippen LogP contribution in [0.25, 0.3) is 0 Å². The molecule has 2 N–H and O–H groups in total. The summed E-state index contributed by atoms with van der Waals surface area (Å²) in [7, 11) is 0. The van der Waals surface area contributed by atoms with Crippen molar-refractivity contribution >= 4 is 0 Å². The fraction of sp³-hybridized carbons (Fsp3) is 0.812. The number of hydrogen-bond donors (Lipinski definition) is 2. The Morgan fingerprint density at radius 2 is 2.22 bits per heavy atom. The van der Waals surface area contributed by atoms with E-state index in [1.54, 1.807) is 9.80 Å². The lowest BCUT2D eigenvalue weighted by molar-refractivity contribution is -1.03. The van der Waals surface area contributed by atoms with Crippen LogP contribution in [0.4, 0.5) is 0 Å². The van der Waals surface area contributed by atoms with Gasteiger partial charge < -0.3 is 14.5 Å². The monoisotopic (exact) mass is 322 g/mol. The molecule has 1 aromatic heterocycles. The number of hydrogen-bond acceptors (Lipinski definition) is 4. The van der Waals surface area contributed by atoms with Crippen molar-refractivity contribution in [2.45, 2.75) is 44.9 Å². The molecule has 0 aliphatic carbocycles. The van der Waals surface area contributed by atoms with Crippen LogP contribution in [0.2, 0.25) is 0 Å². The second-order valence-electron chi connectivity index (χ2n) is 6.72. The van der Waals surface area contributed by atoms with Crippen LogP contribution >= 0.6 is 0 Å². The lowest BCUT2D eigenvalue weighted by atomic mass is 10.1. The van der Waals surface area contributed by atoms with Crippen LogP contribution < -0.4 is 9.80 Å². The molecule has 7 heteroatoms. The fourth-order valence-corrected chi connectivity index (χ4v) is 3.91. The Morgan fingerprint density at radius 3 is 2.87 bits per heavy atom. The minimum atomic E-state index is 0.277. The first-order chi connectivity index (χ1) is 11.3. The molecule has 0 spiro atoms. The summed E-state index contributed by atoms with van der Waals surface area (Å²) < 4.78 is 7.73. The summed E-state index contributed by atoms with van der Waals surface area (Å²) in [6.45, 7) is 13.6. The Hall–Kier alpha value is -1.31. The SMILES string of the molecule is C=CC[NH+]1CC[NH+]([C@H](CC)c2nnnn2C[C@@H]2CCCO2)CC1. The average Bonchev–Trinajstić information content (AvgIpc) is 3.23. The minimum absolute atomic E-state index is 0.277. The van der Waals surface area contributed by atoms with E-state index in [1.807, 2.05) is 10.8 Å². The predicted molar refractivity (Wildman–Crippen MR) is 86.3 cm³/mol. The Bertz CT molecular complexity index is 491. The normalized spacial score (nSPS) is 29.5. The summed E-state index contributed by atoms with van der Waals surface area (Å²) >= 11 is 0. The van der Waals surface area contributed by atoms with E-state index in [9.17, 15) is 0 Å². The van der Waals surface area contributed by atoms with Crippen molar-refractivity contribution < 1.29 is 14.5 Å². The van der Waals surface area contributed by atoms with Gasteiger partial charge in [-0.05, 0) is 29.3 Å². The maximum absolute atomic E-state index is 5.75. The van der Waals surface area contributed by atoms with Gasteiger partial charge in [-0.3, -0.25) is 0 Å². The third-order valence-electron chi connectivity index (χ3n) is 5.21. The van der Waals surface area contributed by atoms with Crippen LogP contribution in [0, 0.1) is 0 Å². The molecule has 2 fully saturated rings. The van der Waals surface area contributed by atoms with Gasteiger partial charge in [-0.15, -0.1) is 5.10 Å². The first-order valence-corrected chi connectivity index (χ1v) is 8.98. The number of nitrogens with zero attached hydrogens (tertiary/aromatic N) is 4. The van der Waals surface area contributed by atoms with Gasteiger partial charge in [0, 0.05) is 13.0 Å². The molecule has 3 heterocycles. The fourth-order valence-electron chi connectivity index (χ4n) is 3.91. The molecule has 7 nitrogen and oxygen atoms in total. The van der Waals surface area contributed by atoms with Crippen LogP contribution in [0.15, 0.2) is 12.7 Å². The highest BCUT2D eigenvalue weighted by atomic mass is 16.5. The molecule has 0 bridgehead atoms. The summed E-state index contributed by atoms with van der Waals surface area (Å²) in [5.74, 6) is 1.03. The summed E-state index contributed by atoms with van der Waals surface area (Å²) in [4.78, 5) is 3.25. The van der Waals surface area contributed by atoms with Gasteiger partial charge in [0.15, 0.2) is 0 Å². The number of quaternary nitrogens is 2. The minimum Gasteiger partial charge on any atom is -0.376 e. The smallest absolute Gasteiger partial charge is 0.209 e. The van der Waals surface area contributed by atoms with Crippen molar-refractivity contribution in [1.29, 1.82) is 0 Å². The third-order valence-corrected chi connectivity index (χ3v) is 5.21. The first-order valence-electron chi connectivity index (χ1n) is 8.98. The molecule has 0 saturated carbocycles. The zero-order chi connectivity index (χ0) is 16.1. The van der Waals surface area contributed by atoms with E-state index in [1.165, 1.54) is 26.2 Å². The van der Waals surface area contributed by atoms with E-state index in [-0.39, 0.29) is 6.10 Å². The van der Waals surface area contributed by atoms with Gasteiger partial charge in [-0.25, -0.2) is 4.68 Å². The summed E-state index contributed by atoms with van der Waals surface area (Å²) in [6, 6.07) is 0.386. The molecule has 2 saturated heterocycles. The van der Waals surface area contributed by atoms with E-state index in [0.717, 1.165) is 44.8 Å². The van der Waals surface area contributed by atoms with Gasteiger partial charge in [0.25, 0.3) is 0 Å². The molecule has 2 atom stereocenters. The van der Waals surface area contributed by atoms with Gasteiger partial charge in [-0.2, -0.15) is 0 Å². The zero-order valence-corrected chi connectivity index (χ0v) is 14.2. The van der Waals surface area contributed by atoms with Crippen LogP contribution in [0.5, 0.6) is 0 Å². The highest BCUT2D eigenvalue weighted by Crippen LogP contribution is 2.16. The maximum Gasteiger partial charge on any atom is 0.209 e. The summed E-state index contributed by atoms with van der Waals surface area (Å²) in [5.41, 5.74) is 0. The van der Waals surface area contributed by atoms with Crippen LogP contribution in [0.1, 0.15) is 38.1 Å². The molecular formula is C16H30N6O+2. The topological polar surface area (TPSA) is 61.7 Å². The highest BCUT2D eigenvalue weighted by Gasteiger charge is 2.33. The van der Waals surface area contributed by atoms with Gasteiger partial charge in [0.1, 0.15) is 32.2 Å². The second-order valence-corrected chi connectivity index (χ2v) is 6.72. The Morgan fingerprint density at radius 1 is 1.39 bits per heavy atom. The second kappa shape index (κ2) is 7.99. The number of tetrazole rings is 1. The molecule has 23 heavy (non-hydrogen) atoms. The molecule has 2 aliphatic rings. The number of nitrogens with one attached hydrogen (secondary N) is 2. The number of piperazine rings is 1. The van der Waals surface area contributed by atoms with E-state index in [4.69, 9.17) is 4.74 Å². The van der Waals surface area contributed by atoms with Crippen molar-refractivity contribution in [3.05, 3.63) is 18.5 Å². The van der Waals surface area contributed by atoms with E-state index < -0.39 is 0 Å². The van der Waals surface area contributed by atoms with Crippen molar-refractivity contribution in [2.75, 3.05) is 39.3 Å².